The number of rotatable bonds is 0. The lowest BCUT2D eigenvalue weighted by atomic mass is 9.58. The Kier molecular flexibility index (Phi) is 2.05. The van der Waals surface area contributed by atoms with Crippen molar-refractivity contribution in [3.05, 3.63) is 0 Å². The Morgan fingerprint density at radius 2 is 2.00 bits per heavy atom. The molecular weight excluding hydrogens is 220 g/mol. The summed E-state index contributed by atoms with van der Waals surface area (Å²) in [6, 6.07) is 0. The van der Waals surface area contributed by atoms with Crippen LogP contribution in [0.4, 0.5) is 0 Å². The van der Waals surface area contributed by atoms with E-state index in [2.05, 4.69) is 0 Å². The highest BCUT2D eigenvalue weighted by atomic mass is 16.6. The molecule has 0 aromatic rings. The molecule has 0 aromatic carbocycles. The zero-order valence-corrected chi connectivity index (χ0v) is 10.4. The van der Waals surface area contributed by atoms with E-state index < -0.39 is 22.7 Å². The molecule has 4 heteroatoms. The van der Waals surface area contributed by atoms with Gasteiger partial charge in [0.05, 0.1) is 12.0 Å². The van der Waals surface area contributed by atoms with Crippen molar-refractivity contribution < 1.29 is 19.7 Å². The molecule has 0 radical (unpaired) electrons. The summed E-state index contributed by atoms with van der Waals surface area (Å²) in [7, 11) is 0. The first-order chi connectivity index (χ1) is 7.80. The maximum Gasteiger partial charge on any atom is 0.306 e. The van der Waals surface area contributed by atoms with E-state index in [-0.39, 0.29) is 11.9 Å². The van der Waals surface area contributed by atoms with E-state index in [1.165, 1.54) is 0 Å². The van der Waals surface area contributed by atoms with Gasteiger partial charge in [0.2, 0.25) is 0 Å². The van der Waals surface area contributed by atoms with Crippen molar-refractivity contribution in [1.82, 2.24) is 0 Å². The van der Waals surface area contributed by atoms with Crippen LogP contribution in [0.25, 0.3) is 0 Å². The van der Waals surface area contributed by atoms with E-state index in [0.717, 1.165) is 12.8 Å². The molecule has 4 nitrogen and oxygen atoms in total. The Balaban J connectivity index is 2.07. The van der Waals surface area contributed by atoms with Crippen LogP contribution in [0.1, 0.15) is 46.0 Å². The molecule has 4 atom stereocenters. The fourth-order valence-corrected chi connectivity index (χ4v) is 4.39. The van der Waals surface area contributed by atoms with Crippen LogP contribution in [0.2, 0.25) is 0 Å². The Labute approximate surface area is 101 Å². The molecule has 0 spiro atoms. The van der Waals surface area contributed by atoms with Crippen LogP contribution in [0, 0.1) is 11.3 Å². The molecule has 0 bridgehead atoms. The topological polar surface area (TPSA) is 66.8 Å². The van der Waals surface area contributed by atoms with Gasteiger partial charge in [0.25, 0.3) is 0 Å². The Morgan fingerprint density at radius 3 is 2.71 bits per heavy atom. The highest BCUT2D eigenvalue weighted by molar-refractivity contribution is 5.73. The lowest BCUT2D eigenvalue weighted by Gasteiger charge is -2.54. The van der Waals surface area contributed by atoms with E-state index in [1.54, 1.807) is 0 Å². The summed E-state index contributed by atoms with van der Waals surface area (Å²) >= 11 is 0. The number of hydrogen-bond donors (Lipinski definition) is 2. The first-order valence-corrected chi connectivity index (χ1v) is 6.44. The molecule has 96 valence electrons. The molecule has 17 heavy (non-hydrogen) atoms. The molecule has 0 unspecified atom stereocenters. The van der Waals surface area contributed by atoms with Gasteiger partial charge in [-0.1, -0.05) is 13.8 Å². The van der Waals surface area contributed by atoms with Gasteiger partial charge in [-0.25, -0.2) is 0 Å². The predicted octanol–water partition coefficient (Wildman–Crippen LogP) is 0.994. The second kappa shape index (κ2) is 3.04. The van der Waals surface area contributed by atoms with Crippen LogP contribution in [0.15, 0.2) is 0 Å². The van der Waals surface area contributed by atoms with Crippen LogP contribution in [0.3, 0.4) is 0 Å². The van der Waals surface area contributed by atoms with E-state index >= 15 is 0 Å². The molecule has 3 aliphatic rings. The first-order valence-electron chi connectivity index (χ1n) is 6.44. The van der Waals surface area contributed by atoms with Crippen molar-refractivity contribution in [3.8, 4) is 0 Å². The normalized spacial score (nSPS) is 51.9. The summed E-state index contributed by atoms with van der Waals surface area (Å²) in [5.74, 6) is -0.258. The van der Waals surface area contributed by atoms with Gasteiger partial charge in [-0.2, -0.15) is 0 Å². The highest BCUT2D eigenvalue weighted by Crippen LogP contribution is 2.61. The largest absolute Gasteiger partial charge is 0.459 e. The molecule has 1 heterocycles. The van der Waals surface area contributed by atoms with Gasteiger partial charge >= 0.3 is 5.97 Å². The third kappa shape index (κ3) is 1.18. The molecule has 2 aliphatic carbocycles. The smallest absolute Gasteiger partial charge is 0.306 e. The van der Waals surface area contributed by atoms with Crippen molar-refractivity contribution in [2.45, 2.75) is 63.3 Å². The molecule has 0 aromatic heterocycles. The second-order valence-electron chi connectivity index (χ2n) is 6.61. The van der Waals surface area contributed by atoms with Crippen LogP contribution in [-0.2, 0) is 9.53 Å². The number of hydrogen-bond acceptors (Lipinski definition) is 4. The summed E-state index contributed by atoms with van der Waals surface area (Å²) in [6.45, 7) is 3.93. The summed E-state index contributed by atoms with van der Waals surface area (Å²) in [5.41, 5.74) is -2.77. The average molecular weight is 240 g/mol. The van der Waals surface area contributed by atoms with Crippen molar-refractivity contribution in [2.75, 3.05) is 0 Å². The SMILES string of the molecule is CC1(C)CCC[C@]2(O)C[C@H]3CC(=O)O[C@H]3[C@]12O. The lowest BCUT2D eigenvalue weighted by Crippen LogP contribution is -2.66. The zero-order chi connectivity index (χ0) is 12.5. The minimum absolute atomic E-state index is 0.0186. The summed E-state index contributed by atoms with van der Waals surface area (Å²) in [5, 5.41) is 21.8. The molecule has 2 saturated carbocycles. The van der Waals surface area contributed by atoms with E-state index in [0.29, 0.717) is 19.3 Å². The molecule has 0 amide bonds. The third-order valence-electron chi connectivity index (χ3n) is 5.26. The average Bonchev–Trinajstić information content (AvgIpc) is 2.63. The van der Waals surface area contributed by atoms with E-state index in [1.807, 2.05) is 13.8 Å². The van der Waals surface area contributed by atoms with Gasteiger partial charge in [0.15, 0.2) is 0 Å². The van der Waals surface area contributed by atoms with Crippen molar-refractivity contribution in [2.24, 2.45) is 11.3 Å². The van der Waals surface area contributed by atoms with Crippen LogP contribution < -0.4 is 0 Å². The van der Waals surface area contributed by atoms with Gasteiger partial charge in [0.1, 0.15) is 11.7 Å². The third-order valence-corrected chi connectivity index (χ3v) is 5.26. The minimum Gasteiger partial charge on any atom is -0.459 e. The number of carbonyl (C=O) groups is 1. The Hall–Kier alpha value is -0.610. The van der Waals surface area contributed by atoms with Crippen LogP contribution in [0.5, 0.6) is 0 Å². The quantitative estimate of drug-likeness (QED) is 0.620. The van der Waals surface area contributed by atoms with Crippen LogP contribution in [-0.4, -0.2) is 33.5 Å². The summed E-state index contributed by atoms with van der Waals surface area (Å²) in [4.78, 5) is 11.4. The number of fused-ring (bicyclic) bond motifs is 3. The standard InChI is InChI=1S/C13H20O4/c1-11(2)4-3-5-12(15)7-8-6-9(14)17-10(8)13(11,12)16/h8,10,15-16H,3-7H2,1-2H3/t8-,10-,12+,13+/m1/s1. The monoisotopic (exact) mass is 240 g/mol. The highest BCUT2D eigenvalue weighted by Gasteiger charge is 2.73. The molecule has 1 aliphatic heterocycles. The first kappa shape index (κ1) is 11.5. The van der Waals surface area contributed by atoms with Crippen molar-refractivity contribution in [1.29, 1.82) is 0 Å². The van der Waals surface area contributed by atoms with E-state index in [4.69, 9.17) is 4.74 Å². The predicted molar refractivity (Wildman–Crippen MR) is 60.1 cm³/mol. The van der Waals surface area contributed by atoms with E-state index in [9.17, 15) is 15.0 Å². The molecule has 3 fully saturated rings. The maximum atomic E-state index is 11.4. The molecule has 3 rings (SSSR count). The van der Waals surface area contributed by atoms with Crippen molar-refractivity contribution >= 4 is 5.97 Å². The lowest BCUT2D eigenvalue weighted by molar-refractivity contribution is -0.247. The maximum absolute atomic E-state index is 11.4. The van der Waals surface area contributed by atoms with Gasteiger partial charge in [0, 0.05) is 11.3 Å². The summed E-state index contributed by atoms with van der Waals surface area (Å²) in [6.07, 6.45) is 2.69. The van der Waals surface area contributed by atoms with Gasteiger partial charge < -0.3 is 14.9 Å². The minimum atomic E-state index is -1.28. The Morgan fingerprint density at radius 1 is 1.29 bits per heavy atom. The van der Waals surface area contributed by atoms with Gasteiger partial charge in [-0.15, -0.1) is 0 Å². The number of carbonyl (C=O) groups excluding carboxylic acids is 1. The van der Waals surface area contributed by atoms with Crippen LogP contribution >= 0.6 is 0 Å². The number of aliphatic hydroxyl groups is 2. The zero-order valence-electron chi connectivity index (χ0n) is 10.4. The fraction of sp³-hybridized carbons (Fsp3) is 0.923. The number of ether oxygens (including phenoxy) is 1. The molecular formula is C13H20O4. The molecule has 1 saturated heterocycles. The fourth-order valence-electron chi connectivity index (χ4n) is 4.39. The molecule has 2 N–H and O–H groups in total. The number of esters is 1. The van der Waals surface area contributed by atoms with Crippen molar-refractivity contribution in [3.63, 3.8) is 0 Å². The Bertz CT molecular complexity index is 378. The summed E-state index contributed by atoms with van der Waals surface area (Å²) < 4.78 is 5.31. The van der Waals surface area contributed by atoms with Gasteiger partial charge in [-0.05, 0) is 25.7 Å². The second-order valence-corrected chi connectivity index (χ2v) is 6.61. The van der Waals surface area contributed by atoms with Gasteiger partial charge in [-0.3, -0.25) is 4.79 Å².